The van der Waals surface area contributed by atoms with E-state index in [1.807, 2.05) is 54.6 Å². The molecule has 0 aromatic heterocycles. The molecule has 2 rings (SSSR count). The normalized spacial score (nSPS) is 9.06. The molecule has 17 heavy (non-hydrogen) atoms. The third-order valence-corrected chi connectivity index (χ3v) is 1.86. The second-order valence-corrected chi connectivity index (χ2v) is 3.69. The lowest BCUT2D eigenvalue weighted by Gasteiger charge is -2.04. The fourth-order valence-electron chi connectivity index (χ4n) is 1.16. The highest BCUT2D eigenvalue weighted by atomic mass is 16.5. The fraction of sp³-hybridized carbons (Fsp3) is 0.200. The van der Waals surface area contributed by atoms with Gasteiger partial charge in [-0.2, -0.15) is 0 Å². The minimum absolute atomic E-state index is 0.741. The predicted molar refractivity (Wildman–Crippen MR) is 73.3 cm³/mol. The van der Waals surface area contributed by atoms with Crippen LogP contribution in [0.1, 0.15) is 20.3 Å². The van der Waals surface area contributed by atoms with Crippen molar-refractivity contribution in [2.24, 2.45) is 0 Å². The van der Waals surface area contributed by atoms with Crippen LogP contribution in [-0.2, 0) is 0 Å². The topological polar surface area (TPSA) is 35.2 Å². The van der Waals surface area contributed by atoms with Crippen molar-refractivity contribution in [3.05, 3.63) is 54.6 Å². The number of rotatable bonds is 2. The number of para-hydroxylation sites is 1. The van der Waals surface area contributed by atoms with E-state index in [9.17, 15) is 0 Å². The van der Waals surface area contributed by atoms with E-state index in [-0.39, 0.29) is 0 Å². The first-order valence-corrected chi connectivity index (χ1v) is 5.84. The molecule has 0 aliphatic heterocycles. The molecule has 2 aromatic rings. The molecular weight excluding hydrogens is 210 g/mol. The van der Waals surface area contributed by atoms with Gasteiger partial charge in [-0.3, -0.25) is 0 Å². The molecule has 0 heterocycles. The average Bonchev–Trinajstić information content (AvgIpc) is 2.35. The number of hydrogen-bond donors (Lipinski definition) is 1. The van der Waals surface area contributed by atoms with Crippen LogP contribution in [0, 0.1) is 0 Å². The lowest BCUT2D eigenvalue weighted by atomic mass is 10.3. The molecule has 0 amide bonds. The van der Waals surface area contributed by atoms with Crippen LogP contribution in [-0.4, -0.2) is 0 Å². The van der Waals surface area contributed by atoms with Crippen LogP contribution in [0.25, 0.3) is 0 Å². The molecule has 2 heteroatoms. The van der Waals surface area contributed by atoms with Gasteiger partial charge in [0.2, 0.25) is 0 Å². The van der Waals surface area contributed by atoms with Gasteiger partial charge in [0.05, 0.1) is 0 Å². The van der Waals surface area contributed by atoms with Gasteiger partial charge in [-0.05, 0) is 36.4 Å². The molecule has 0 atom stereocenters. The molecule has 2 nitrogen and oxygen atoms in total. The molecule has 2 aromatic carbocycles. The van der Waals surface area contributed by atoms with Crippen molar-refractivity contribution in [3.8, 4) is 11.5 Å². The smallest absolute Gasteiger partial charge is 0.127 e. The van der Waals surface area contributed by atoms with Gasteiger partial charge in [-0.15, -0.1) is 0 Å². The molecular formula is C15H19NO. The van der Waals surface area contributed by atoms with Crippen LogP contribution in [0.2, 0.25) is 0 Å². The lowest BCUT2D eigenvalue weighted by molar-refractivity contribution is 0.483. The molecule has 2 N–H and O–H groups in total. The van der Waals surface area contributed by atoms with Gasteiger partial charge in [0.15, 0.2) is 0 Å². The highest BCUT2D eigenvalue weighted by molar-refractivity contribution is 5.42. The van der Waals surface area contributed by atoms with Gasteiger partial charge in [0.1, 0.15) is 11.5 Å². The van der Waals surface area contributed by atoms with Crippen molar-refractivity contribution in [2.45, 2.75) is 20.3 Å². The number of hydrogen-bond acceptors (Lipinski definition) is 2. The maximum absolute atomic E-state index is 5.58. The predicted octanol–water partition coefficient (Wildman–Crippen LogP) is 4.48. The number of anilines is 1. The Morgan fingerprint density at radius 1 is 0.824 bits per heavy atom. The SMILES string of the molecule is CCC.Nc1ccc(Oc2ccccc2)cc1. The third-order valence-electron chi connectivity index (χ3n) is 1.86. The molecule has 0 saturated carbocycles. The van der Waals surface area contributed by atoms with Gasteiger partial charge in [-0.1, -0.05) is 38.5 Å². The molecule has 0 radical (unpaired) electrons. The Morgan fingerprint density at radius 2 is 1.29 bits per heavy atom. The van der Waals surface area contributed by atoms with E-state index in [4.69, 9.17) is 10.5 Å². The maximum atomic E-state index is 5.58. The van der Waals surface area contributed by atoms with Crippen molar-refractivity contribution >= 4 is 5.69 Å². The molecule has 0 unspecified atom stereocenters. The minimum atomic E-state index is 0.741. The van der Waals surface area contributed by atoms with Crippen molar-refractivity contribution < 1.29 is 4.74 Å². The molecule has 0 aliphatic rings. The van der Waals surface area contributed by atoms with Gasteiger partial charge >= 0.3 is 0 Å². The Labute approximate surface area is 103 Å². The number of nitrogen functional groups attached to an aromatic ring is 1. The Bertz CT molecular complexity index is 409. The largest absolute Gasteiger partial charge is 0.457 e. The zero-order valence-corrected chi connectivity index (χ0v) is 10.4. The molecule has 0 aliphatic carbocycles. The standard InChI is InChI=1S/C12H11NO.C3H8/c13-10-6-8-12(9-7-10)14-11-4-2-1-3-5-11;1-3-2/h1-9H,13H2;3H2,1-2H3. The Hall–Kier alpha value is -1.96. The summed E-state index contributed by atoms with van der Waals surface area (Å²) in [7, 11) is 0. The molecule has 90 valence electrons. The highest BCUT2D eigenvalue weighted by Crippen LogP contribution is 2.21. The number of ether oxygens (including phenoxy) is 1. The first-order chi connectivity index (χ1) is 8.26. The van der Waals surface area contributed by atoms with Crippen LogP contribution in [0.15, 0.2) is 54.6 Å². The first kappa shape index (κ1) is 13.1. The summed E-state index contributed by atoms with van der Waals surface area (Å²) in [5.41, 5.74) is 6.31. The van der Waals surface area contributed by atoms with E-state index in [1.54, 1.807) is 0 Å². The van der Waals surface area contributed by atoms with Gasteiger partial charge < -0.3 is 10.5 Å². The summed E-state index contributed by atoms with van der Waals surface area (Å²) in [6, 6.07) is 17.0. The van der Waals surface area contributed by atoms with Crippen LogP contribution in [0.4, 0.5) is 5.69 Å². The zero-order valence-electron chi connectivity index (χ0n) is 10.4. The summed E-state index contributed by atoms with van der Waals surface area (Å²) in [5, 5.41) is 0. The van der Waals surface area contributed by atoms with E-state index in [0.29, 0.717) is 0 Å². The number of nitrogens with two attached hydrogens (primary N) is 1. The van der Waals surface area contributed by atoms with Crippen molar-refractivity contribution in [2.75, 3.05) is 5.73 Å². The Balaban J connectivity index is 0.000000437. The lowest BCUT2D eigenvalue weighted by Crippen LogP contribution is -1.85. The summed E-state index contributed by atoms with van der Waals surface area (Å²) in [5.74, 6) is 1.63. The van der Waals surface area contributed by atoms with Crippen LogP contribution < -0.4 is 10.5 Å². The Morgan fingerprint density at radius 3 is 1.82 bits per heavy atom. The van der Waals surface area contributed by atoms with E-state index in [1.165, 1.54) is 6.42 Å². The second kappa shape index (κ2) is 7.34. The maximum Gasteiger partial charge on any atom is 0.127 e. The van der Waals surface area contributed by atoms with Crippen LogP contribution in [0.5, 0.6) is 11.5 Å². The Kier molecular flexibility index (Phi) is 5.66. The monoisotopic (exact) mass is 229 g/mol. The van der Waals surface area contributed by atoms with Gasteiger partial charge in [0, 0.05) is 5.69 Å². The first-order valence-electron chi connectivity index (χ1n) is 5.84. The molecule has 0 bridgehead atoms. The van der Waals surface area contributed by atoms with E-state index in [2.05, 4.69) is 13.8 Å². The van der Waals surface area contributed by atoms with Gasteiger partial charge in [0.25, 0.3) is 0 Å². The summed E-state index contributed by atoms with van der Waals surface area (Å²) >= 11 is 0. The van der Waals surface area contributed by atoms with E-state index in [0.717, 1.165) is 17.2 Å². The summed E-state index contributed by atoms with van der Waals surface area (Å²) in [6.07, 6.45) is 1.25. The minimum Gasteiger partial charge on any atom is -0.457 e. The quantitative estimate of drug-likeness (QED) is 0.771. The average molecular weight is 229 g/mol. The second-order valence-electron chi connectivity index (χ2n) is 3.69. The summed E-state index contributed by atoms with van der Waals surface area (Å²) < 4.78 is 5.58. The summed E-state index contributed by atoms with van der Waals surface area (Å²) in [4.78, 5) is 0. The van der Waals surface area contributed by atoms with Crippen LogP contribution >= 0.6 is 0 Å². The van der Waals surface area contributed by atoms with Crippen molar-refractivity contribution in [3.63, 3.8) is 0 Å². The molecule has 0 fully saturated rings. The van der Waals surface area contributed by atoms with Crippen molar-refractivity contribution in [1.29, 1.82) is 0 Å². The molecule has 0 saturated heterocycles. The fourth-order valence-corrected chi connectivity index (χ4v) is 1.16. The van der Waals surface area contributed by atoms with E-state index < -0.39 is 0 Å². The summed E-state index contributed by atoms with van der Waals surface area (Å²) in [6.45, 7) is 4.25. The van der Waals surface area contributed by atoms with E-state index >= 15 is 0 Å². The highest BCUT2D eigenvalue weighted by Gasteiger charge is 1.94. The molecule has 0 spiro atoms. The third kappa shape index (κ3) is 5.07. The number of benzene rings is 2. The van der Waals surface area contributed by atoms with Crippen LogP contribution in [0.3, 0.4) is 0 Å². The zero-order chi connectivity index (χ0) is 12.5. The van der Waals surface area contributed by atoms with Gasteiger partial charge in [-0.25, -0.2) is 0 Å². The van der Waals surface area contributed by atoms with Crippen molar-refractivity contribution in [1.82, 2.24) is 0 Å².